The van der Waals surface area contributed by atoms with Crippen LogP contribution in [0.4, 0.5) is 38.0 Å². The van der Waals surface area contributed by atoms with Crippen LogP contribution in [-0.2, 0) is 15.6 Å². The van der Waals surface area contributed by atoms with Crippen molar-refractivity contribution in [3.63, 3.8) is 0 Å². The average molecular weight is 558 g/mol. The van der Waals surface area contributed by atoms with Crippen LogP contribution in [0.5, 0.6) is 0 Å². The normalized spacial score (nSPS) is 18.0. The number of hydrogen-bond acceptors (Lipinski definition) is 7. The summed E-state index contributed by atoms with van der Waals surface area (Å²) in [5, 5.41) is 8.97. The maximum absolute atomic E-state index is 13.2. The maximum atomic E-state index is 13.2. The molecule has 2 aromatic rings. The lowest BCUT2D eigenvalue weighted by Gasteiger charge is -2.39. The second-order valence-corrected chi connectivity index (χ2v) is 9.97. The monoisotopic (exact) mass is 557 g/mol. The SMILES string of the molecule is CC#CC1CN(S(=O)(=O)c2ccc(N)nc2)CCN1c1ncc(C(O)(C(F)(F)F)C(F)(F)F)cc1Cl. The van der Waals surface area contributed by atoms with E-state index in [4.69, 9.17) is 17.3 Å². The minimum Gasteiger partial charge on any atom is -0.384 e. The number of anilines is 2. The molecule has 0 amide bonds. The molecule has 1 fully saturated rings. The van der Waals surface area contributed by atoms with Crippen molar-refractivity contribution in [3.05, 3.63) is 41.2 Å². The van der Waals surface area contributed by atoms with Gasteiger partial charge in [0.05, 0.1) is 5.02 Å². The van der Waals surface area contributed by atoms with Crippen molar-refractivity contribution in [2.24, 2.45) is 0 Å². The van der Waals surface area contributed by atoms with Crippen LogP contribution in [0.3, 0.4) is 0 Å². The summed E-state index contributed by atoms with van der Waals surface area (Å²) in [5.74, 6) is 5.22. The third-order valence-electron chi connectivity index (χ3n) is 5.38. The van der Waals surface area contributed by atoms with Crippen LogP contribution in [0.25, 0.3) is 0 Å². The highest BCUT2D eigenvalue weighted by atomic mass is 35.5. The van der Waals surface area contributed by atoms with Crippen LogP contribution in [0.15, 0.2) is 35.5 Å². The number of nitrogens with two attached hydrogens (primary N) is 1. The molecule has 196 valence electrons. The van der Waals surface area contributed by atoms with Crippen molar-refractivity contribution in [1.82, 2.24) is 14.3 Å². The Kier molecular flexibility index (Phi) is 7.39. The molecule has 8 nitrogen and oxygen atoms in total. The molecule has 1 aliphatic heterocycles. The van der Waals surface area contributed by atoms with Gasteiger partial charge < -0.3 is 15.7 Å². The molecule has 0 saturated carbocycles. The van der Waals surface area contributed by atoms with Gasteiger partial charge in [0.15, 0.2) is 0 Å². The largest absolute Gasteiger partial charge is 0.430 e. The standard InChI is InChI=1S/C20H18ClF6N5O3S/c1-2-3-13-11-31(36(34,35)14-4-5-16(28)29-10-14)6-7-32(13)17-15(21)8-12(9-30-17)18(33,19(22,23)24)20(25,26)27/h4-5,8-10,13,33H,6-7,11H2,1H3,(H2,28,29). The van der Waals surface area contributed by atoms with Crippen LogP contribution in [-0.4, -0.2) is 65.8 Å². The molecule has 0 bridgehead atoms. The molecule has 0 radical (unpaired) electrons. The van der Waals surface area contributed by atoms with E-state index < -0.39 is 44.6 Å². The predicted octanol–water partition coefficient (Wildman–Crippen LogP) is 2.93. The Morgan fingerprint density at radius 3 is 2.25 bits per heavy atom. The van der Waals surface area contributed by atoms with E-state index >= 15 is 0 Å². The molecule has 3 heterocycles. The molecule has 3 rings (SSSR count). The van der Waals surface area contributed by atoms with E-state index in [1.54, 1.807) is 0 Å². The van der Waals surface area contributed by atoms with Crippen molar-refractivity contribution in [2.45, 2.75) is 35.8 Å². The van der Waals surface area contributed by atoms with Gasteiger partial charge in [-0.05, 0) is 25.1 Å². The molecule has 1 aliphatic rings. The Hall–Kier alpha value is -2.80. The maximum Gasteiger partial charge on any atom is 0.430 e. The minimum absolute atomic E-state index is 0.101. The fraction of sp³-hybridized carbons (Fsp3) is 0.400. The summed E-state index contributed by atoms with van der Waals surface area (Å²) in [7, 11) is -4.02. The van der Waals surface area contributed by atoms with Gasteiger partial charge in [-0.3, -0.25) is 0 Å². The molecular weight excluding hydrogens is 540 g/mol. The summed E-state index contributed by atoms with van der Waals surface area (Å²) < 4.78 is 106. The van der Waals surface area contributed by atoms with E-state index in [-0.39, 0.29) is 42.4 Å². The highest BCUT2D eigenvalue weighted by molar-refractivity contribution is 7.89. The second-order valence-electron chi connectivity index (χ2n) is 7.62. The number of piperazine rings is 1. The zero-order valence-corrected chi connectivity index (χ0v) is 19.8. The number of pyridine rings is 2. The Balaban J connectivity index is 1.96. The molecule has 1 atom stereocenters. The summed E-state index contributed by atoms with van der Waals surface area (Å²) in [6, 6.07) is 2.00. The molecule has 0 aromatic carbocycles. The second kappa shape index (κ2) is 9.58. The number of halogens is 7. The van der Waals surface area contributed by atoms with Gasteiger partial charge in [0, 0.05) is 37.6 Å². The van der Waals surface area contributed by atoms with E-state index in [1.807, 2.05) is 0 Å². The summed E-state index contributed by atoms with van der Waals surface area (Å²) >= 11 is 6.02. The quantitative estimate of drug-likeness (QED) is 0.439. The zero-order chi connectivity index (χ0) is 27.1. The van der Waals surface area contributed by atoms with Crippen LogP contribution in [0, 0.1) is 11.8 Å². The molecule has 2 aromatic heterocycles. The smallest absolute Gasteiger partial charge is 0.384 e. The Labute approximate surface area is 206 Å². The molecule has 0 spiro atoms. The van der Waals surface area contributed by atoms with Crippen molar-refractivity contribution in [3.8, 4) is 11.8 Å². The number of aliphatic hydroxyl groups is 1. The molecular formula is C20H18ClF6N5O3S. The number of nitrogen functional groups attached to an aromatic ring is 1. The van der Waals surface area contributed by atoms with Gasteiger partial charge >= 0.3 is 12.4 Å². The van der Waals surface area contributed by atoms with Crippen molar-refractivity contribution in [2.75, 3.05) is 30.3 Å². The molecule has 16 heteroatoms. The lowest BCUT2D eigenvalue weighted by Crippen LogP contribution is -2.55. The summed E-state index contributed by atoms with van der Waals surface area (Å²) in [5.41, 5.74) is -1.33. The van der Waals surface area contributed by atoms with Gasteiger partial charge in [0.2, 0.25) is 10.0 Å². The first-order chi connectivity index (χ1) is 16.5. The summed E-state index contributed by atoms with van der Waals surface area (Å²) in [6.07, 6.45) is -10.9. The van der Waals surface area contributed by atoms with E-state index in [0.717, 1.165) is 10.5 Å². The first-order valence-electron chi connectivity index (χ1n) is 9.96. The molecule has 1 unspecified atom stereocenters. The molecule has 1 saturated heterocycles. The Morgan fingerprint density at radius 1 is 1.11 bits per heavy atom. The van der Waals surface area contributed by atoms with Gasteiger partial charge in [-0.25, -0.2) is 18.4 Å². The summed E-state index contributed by atoms with van der Waals surface area (Å²) in [4.78, 5) is 8.64. The lowest BCUT2D eigenvalue weighted by molar-refractivity contribution is -0.376. The first-order valence-corrected chi connectivity index (χ1v) is 11.8. The van der Waals surface area contributed by atoms with Gasteiger partial charge in [0.25, 0.3) is 5.60 Å². The van der Waals surface area contributed by atoms with E-state index in [2.05, 4.69) is 21.8 Å². The van der Waals surface area contributed by atoms with E-state index in [0.29, 0.717) is 6.07 Å². The Bertz CT molecular complexity index is 1280. The van der Waals surface area contributed by atoms with Crippen LogP contribution in [0.1, 0.15) is 12.5 Å². The predicted molar refractivity (Wildman–Crippen MR) is 117 cm³/mol. The average Bonchev–Trinajstić information content (AvgIpc) is 2.77. The number of aromatic nitrogens is 2. The zero-order valence-electron chi connectivity index (χ0n) is 18.3. The highest BCUT2D eigenvalue weighted by Gasteiger charge is 2.71. The van der Waals surface area contributed by atoms with Crippen molar-refractivity contribution < 1.29 is 39.9 Å². The van der Waals surface area contributed by atoms with Crippen LogP contribution in [0.2, 0.25) is 5.02 Å². The topological polar surface area (TPSA) is 113 Å². The first kappa shape index (κ1) is 27.8. The molecule has 36 heavy (non-hydrogen) atoms. The lowest BCUT2D eigenvalue weighted by atomic mass is 9.93. The van der Waals surface area contributed by atoms with Crippen molar-refractivity contribution >= 4 is 33.3 Å². The number of nitrogens with zero attached hydrogens (tertiary/aromatic N) is 4. The fourth-order valence-electron chi connectivity index (χ4n) is 3.54. The van der Waals surface area contributed by atoms with Gasteiger partial charge in [-0.2, -0.15) is 30.6 Å². The number of alkyl halides is 6. The highest BCUT2D eigenvalue weighted by Crippen LogP contribution is 2.50. The van der Waals surface area contributed by atoms with Crippen molar-refractivity contribution in [1.29, 1.82) is 0 Å². The Morgan fingerprint density at radius 2 is 1.75 bits per heavy atom. The number of rotatable bonds is 4. The van der Waals surface area contributed by atoms with Gasteiger partial charge in [-0.1, -0.05) is 17.5 Å². The number of hydrogen-bond donors (Lipinski definition) is 2. The fourth-order valence-corrected chi connectivity index (χ4v) is 5.20. The minimum atomic E-state index is -6.11. The molecule has 3 N–H and O–H groups in total. The number of sulfonamides is 1. The third kappa shape index (κ3) is 4.90. The van der Waals surface area contributed by atoms with Crippen LogP contribution < -0.4 is 10.6 Å². The van der Waals surface area contributed by atoms with E-state index in [9.17, 15) is 39.9 Å². The van der Waals surface area contributed by atoms with Gasteiger partial charge in [-0.15, -0.1) is 5.92 Å². The third-order valence-corrected chi connectivity index (χ3v) is 7.51. The van der Waals surface area contributed by atoms with Crippen LogP contribution >= 0.6 is 11.6 Å². The summed E-state index contributed by atoms with van der Waals surface area (Å²) in [6.45, 7) is 1.00. The van der Waals surface area contributed by atoms with E-state index in [1.165, 1.54) is 24.0 Å². The van der Waals surface area contributed by atoms with Gasteiger partial charge in [0.1, 0.15) is 22.6 Å². The molecule has 0 aliphatic carbocycles.